The first-order valence-corrected chi connectivity index (χ1v) is 7.58. The molecule has 25 heavy (non-hydrogen) atoms. The number of hydrogen-bond donors (Lipinski definition) is 1. The Bertz CT molecular complexity index is 1100. The van der Waals surface area contributed by atoms with E-state index in [0.717, 1.165) is 5.52 Å². The Balaban J connectivity index is 1.91. The number of carbonyl (C=O) groups excluding carboxylic acids is 1. The number of hydrogen-bond acceptors (Lipinski definition) is 8. The maximum absolute atomic E-state index is 12.1. The molecule has 3 heterocycles. The normalized spacial score (nSPS) is 11.5. The molecule has 0 atom stereocenters. The zero-order valence-electron chi connectivity index (χ0n) is 13.5. The number of nitrogen functional groups attached to an aromatic ring is 1. The highest BCUT2D eigenvalue weighted by atomic mass is 16.5. The van der Waals surface area contributed by atoms with Gasteiger partial charge in [-0.25, -0.2) is 9.78 Å². The SMILES string of the molecule is CC(C)OC(=O)c1cnn(-c2nc3ccccc3n3nnnc23)c1N. The lowest BCUT2D eigenvalue weighted by molar-refractivity contribution is 0.0379. The third-order valence-electron chi connectivity index (χ3n) is 3.58. The predicted molar refractivity (Wildman–Crippen MR) is 88.2 cm³/mol. The number of nitrogens with two attached hydrogens (primary N) is 1. The molecule has 3 aromatic heterocycles. The maximum Gasteiger partial charge on any atom is 0.343 e. The van der Waals surface area contributed by atoms with Crippen molar-refractivity contribution in [2.24, 2.45) is 0 Å². The van der Waals surface area contributed by atoms with Crippen LogP contribution in [0.5, 0.6) is 0 Å². The van der Waals surface area contributed by atoms with Gasteiger partial charge >= 0.3 is 5.97 Å². The first kappa shape index (κ1) is 15.0. The molecule has 0 saturated heterocycles. The minimum Gasteiger partial charge on any atom is -0.459 e. The summed E-state index contributed by atoms with van der Waals surface area (Å²) in [6.07, 6.45) is 1.08. The molecule has 4 aromatic rings. The molecule has 0 aliphatic rings. The third kappa shape index (κ3) is 2.35. The molecular weight excluding hydrogens is 324 g/mol. The molecule has 0 aliphatic carbocycles. The fraction of sp³-hybridized carbons (Fsp3) is 0.200. The molecule has 2 N–H and O–H groups in total. The smallest absolute Gasteiger partial charge is 0.343 e. The minimum absolute atomic E-state index is 0.110. The number of ether oxygens (including phenoxy) is 1. The molecule has 10 heteroatoms. The molecule has 0 aliphatic heterocycles. The van der Waals surface area contributed by atoms with Crippen molar-refractivity contribution in [3.05, 3.63) is 36.0 Å². The van der Waals surface area contributed by atoms with E-state index in [1.165, 1.54) is 10.9 Å². The molecule has 0 spiro atoms. The van der Waals surface area contributed by atoms with Crippen LogP contribution in [0.1, 0.15) is 24.2 Å². The number of aromatic nitrogens is 7. The molecule has 4 rings (SSSR count). The van der Waals surface area contributed by atoms with Gasteiger partial charge in [-0.05, 0) is 36.4 Å². The highest BCUT2D eigenvalue weighted by molar-refractivity contribution is 5.94. The van der Waals surface area contributed by atoms with E-state index in [0.29, 0.717) is 17.0 Å². The van der Waals surface area contributed by atoms with Crippen LogP contribution in [0.25, 0.3) is 22.5 Å². The van der Waals surface area contributed by atoms with E-state index in [9.17, 15) is 4.79 Å². The van der Waals surface area contributed by atoms with Crippen molar-refractivity contribution in [1.29, 1.82) is 0 Å². The Hall–Kier alpha value is -3.56. The van der Waals surface area contributed by atoms with E-state index in [1.807, 2.05) is 24.3 Å². The lowest BCUT2D eigenvalue weighted by Crippen LogP contribution is -2.14. The van der Waals surface area contributed by atoms with E-state index in [2.05, 4.69) is 25.6 Å². The summed E-state index contributed by atoms with van der Waals surface area (Å²) >= 11 is 0. The Morgan fingerprint density at radius 3 is 2.88 bits per heavy atom. The van der Waals surface area contributed by atoms with Crippen LogP contribution in [0.15, 0.2) is 30.5 Å². The number of carbonyl (C=O) groups is 1. The van der Waals surface area contributed by atoms with Crippen molar-refractivity contribution >= 4 is 28.5 Å². The second-order valence-electron chi connectivity index (χ2n) is 5.65. The van der Waals surface area contributed by atoms with Gasteiger partial charge in [0.15, 0.2) is 0 Å². The maximum atomic E-state index is 12.1. The summed E-state index contributed by atoms with van der Waals surface area (Å²) in [5.74, 6) is -0.113. The van der Waals surface area contributed by atoms with Gasteiger partial charge in [-0.3, -0.25) is 0 Å². The quantitative estimate of drug-likeness (QED) is 0.548. The lowest BCUT2D eigenvalue weighted by Gasteiger charge is -2.08. The summed E-state index contributed by atoms with van der Waals surface area (Å²) in [5.41, 5.74) is 8.04. The molecule has 0 fully saturated rings. The third-order valence-corrected chi connectivity index (χ3v) is 3.58. The first-order valence-electron chi connectivity index (χ1n) is 7.58. The van der Waals surface area contributed by atoms with Gasteiger partial charge in [0, 0.05) is 0 Å². The molecule has 0 unspecified atom stereocenters. The van der Waals surface area contributed by atoms with E-state index in [4.69, 9.17) is 10.5 Å². The first-order chi connectivity index (χ1) is 12.1. The molecular formula is C15H14N8O2. The number of tetrazole rings is 1. The number of rotatable bonds is 3. The van der Waals surface area contributed by atoms with E-state index in [-0.39, 0.29) is 17.5 Å². The predicted octanol–water partition coefficient (Wildman–Crippen LogP) is 1.01. The summed E-state index contributed by atoms with van der Waals surface area (Å²) in [7, 11) is 0. The summed E-state index contributed by atoms with van der Waals surface area (Å²) in [4.78, 5) is 16.7. The Morgan fingerprint density at radius 2 is 2.08 bits per heavy atom. The van der Waals surface area contributed by atoms with Gasteiger partial charge in [0.25, 0.3) is 0 Å². The van der Waals surface area contributed by atoms with Crippen LogP contribution in [0.3, 0.4) is 0 Å². The zero-order valence-corrected chi connectivity index (χ0v) is 13.5. The van der Waals surface area contributed by atoms with Crippen molar-refractivity contribution in [1.82, 2.24) is 34.8 Å². The molecule has 10 nitrogen and oxygen atoms in total. The van der Waals surface area contributed by atoms with E-state index in [1.54, 1.807) is 18.4 Å². The molecule has 1 aromatic carbocycles. The van der Waals surface area contributed by atoms with Crippen LogP contribution in [-0.4, -0.2) is 46.9 Å². The molecule has 0 bridgehead atoms. The second-order valence-corrected chi connectivity index (χ2v) is 5.65. The van der Waals surface area contributed by atoms with Gasteiger partial charge in [0.1, 0.15) is 11.4 Å². The van der Waals surface area contributed by atoms with Crippen LogP contribution in [0.4, 0.5) is 5.82 Å². The largest absolute Gasteiger partial charge is 0.459 e. The Morgan fingerprint density at radius 1 is 1.28 bits per heavy atom. The van der Waals surface area contributed by atoms with E-state index < -0.39 is 5.97 Å². The average molecular weight is 338 g/mol. The van der Waals surface area contributed by atoms with Crippen molar-refractivity contribution in [2.75, 3.05) is 5.73 Å². The van der Waals surface area contributed by atoms with Crippen LogP contribution in [0.2, 0.25) is 0 Å². The number of benzene rings is 1. The van der Waals surface area contributed by atoms with Crippen molar-refractivity contribution < 1.29 is 9.53 Å². The number of nitrogens with zero attached hydrogens (tertiary/aromatic N) is 7. The monoisotopic (exact) mass is 338 g/mol. The molecule has 0 amide bonds. The summed E-state index contributed by atoms with van der Waals surface area (Å²) in [6.45, 7) is 3.52. The van der Waals surface area contributed by atoms with Crippen molar-refractivity contribution in [3.8, 4) is 5.82 Å². The van der Waals surface area contributed by atoms with Crippen molar-refractivity contribution in [3.63, 3.8) is 0 Å². The van der Waals surface area contributed by atoms with Gasteiger partial charge in [-0.15, -0.1) is 5.10 Å². The van der Waals surface area contributed by atoms with Gasteiger partial charge in [-0.2, -0.15) is 14.3 Å². The van der Waals surface area contributed by atoms with Crippen LogP contribution in [-0.2, 0) is 4.74 Å². The van der Waals surface area contributed by atoms with Gasteiger partial charge in [-0.1, -0.05) is 12.1 Å². The fourth-order valence-corrected chi connectivity index (χ4v) is 2.49. The topological polar surface area (TPSA) is 126 Å². The summed E-state index contributed by atoms with van der Waals surface area (Å²) < 4.78 is 8.05. The standard InChI is InChI=1S/C15H14N8O2/c1-8(2)25-15(24)9-7-17-23(12(9)16)13-14-19-20-21-22(14)11-6-4-3-5-10(11)18-13/h3-8H,16H2,1-2H3. The number of para-hydroxylation sites is 2. The van der Waals surface area contributed by atoms with Gasteiger partial charge < -0.3 is 10.5 Å². The van der Waals surface area contributed by atoms with E-state index >= 15 is 0 Å². The van der Waals surface area contributed by atoms with Crippen molar-refractivity contribution in [2.45, 2.75) is 20.0 Å². The highest BCUT2D eigenvalue weighted by Gasteiger charge is 2.22. The number of esters is 1. The summed E-state index contributed by atoms with van der Waals surface area (Å²) in [6, 6.07) is 7.40. The van der Waals surface area contributed by atoms with Crippen LogP contribution < -0.4 is 5.73 Å². The number of fused-ring (bicyclic) bond motifs is 3. The summed E-state index contributed by atoms with van der Waals surface area (Å²) in [5, 5.41) is 15.8. The Labute approximate surface area is 141 Å². The van der Waals surface area contributed by atoms with Crippen LogP contribution >= 0.6 is 0 Å². The Kier molecular flexibility index (Phi) is 3.31. The van der Waals surface area contributed by atoms with Gasteiger partial charge in [0.2, 0.25) is 11.5 Å². The average Bonchev–Trinajstić information content (AvgIpc) is 3.20. The second kappa shape index (κ2) is 5.51. The van der Waals surface area contributed by atoms with Gasteiger partial charge in [0.05, 0.1) is 23.3 Å². The van der Waals surface area contributed by atoms with Crippen LogP contribution in [0, 0.1) is 0 Å². The fourth-order valence-electron chi connectivity index (χ4n) is 2.49. The molecule has 0 radical (unpaired) electrons. The zero-order chi connectivity index (χ0) is 17.6. The lowest BCUT2D eigenvalue weighted by atomic mass is 10.3. The minimum atomic E-state index is -0.546. The molecule has 0 saturated carbocycles. The highest BCUT2D eigenvalue weighted by Crippen LogP contribution is 2.22. The molecule has 126 valence electrons. The number of anilines is 1.